The van der Waals surface area contributed by atoms with E-state index < -0.39 is 0 Å². The Hall–Kier alpha value is -0.830. The van der Waals surface area contributed by atoms with E-state index in [1.807, 2.05) is 0 Å². The number of fused-ring (bicyclic) bond motifs is 1. The first-order valence-electron chi connectivity index (χ1n) is 6.67. The van der Waals surface area contributed by atoms with Gasteiger partial charge in [0.2, 0.25) is 0 Å². The lowest BCUT2D eigenvalue weighted by Gasteiger charge is -2.21. The quantitative estimate of drug-likeness (QED) is 0.821. The summed E-state index contributed by atoms with van der Waals surface area (Å²) < 4.78 is 2.37. The van der Waals surface area contributed by atoms with Gasteiger partial charge in [0.15, 0.2) is 0 Å². The van der Waals surface area contributed by atoms with Crippen molar-refractivity contribution in [1.82, 2.24) is 14.9 Å². The second kappa shape index (κ2) is 4.58. The fraction of sp³-hybridized carbons (Fsp3) is 0.769. The second-order valence-electron chi connectivity index (χ2n) is 5.20. The molecule has 1 aromatic rings. The third kappa shape index (κ3) is 2.14. The van der Waals surface area contributed by atoms with Crippen LogP contribution in [0.25, 0.3) is 0 Å². The predicted molar refractivity (Wildman–Crippen MR) is 64.5 cm³/mol. The summed E-state index contributed by atoms with van der Waals surface area (Å²) >= 11 is 0. The van der Waals surface area contributed by atoms with Gasteiger partial charge < -0.3 is 9.88 Å². The molecule has 1 fully saturated rings. The minimum Gasteiger partial charge on any atom is -0.335 e. The average Bonchev–Trinajstić information content (AvgIpc) is 2.72. The Balaban J connectivity index is 1.67. The molecule has 2 aliphatic heterocycles. The third-order valence-corrected chi connectivity index (χ3v) is 3.91. The number of aromatic nitrogens is 2. The number of hydrogen-bond acceptors (Lipinski definition) is 2. The lowest BCUT2D eigenvalue weighted by molar-refractivity contribution is 0.370. The maximum atomic E-state index is 4.79. The van der Waals surface area contributed by atoms with Crippen molar-refractivity contribution in [1.29, 1.82) is 0 Å². The Morgan fingerprint density at radius 3 is 3.00 bits per heavy atom. The van der Waals surface area contributed by atoms with E-state index in [1.165, 1.54) is 69.7 Å². The predicted octanol–water partition coefficient (Wildman–Crippen LogP) is 1.76. The van der Waals surface area contributed by atoms with E-state index in [0.29, 0.717) is 0 Å². The van der Waals surface area contributed by atoms with Crippen LogP contribution in [0.5, 0.6) is 0 Å². The summed E-state index contributed by atoms with van der Waals surface area (Å²) in [5, 5.41) is 3.42. The van der Waals surface area contributed by atoms with Gasteiger partial charge in [-0.3, -0.25) is 0 Å². The van der Waals surface area contributed by atoms with Crippen LogP contribution in [0.2, 0.25) is 0 Å². The van der Waals surface area contributed by atoms with Gasteiger partial charge in [0, 0.05) is 19.2 Å². The van der Waals surface area contributed by atoms with Crippen molar-refractivity contribution in [2.75, 3.05) is 13.1 Å². The molecule has 0 saturated carbocycles. The molecule has 3 heteroatoms. The van der Waals surface area contributed by atoms with Crippen LogP contribution in [0.1, 0.15) is 37.2 Å². The first kappa shape index (κ1) is 10.3. The highest BCUT2D eigenvalue weighted by Gasteiger charge is 2.17. The van der Waals surface area contributed by atoms with E-state index >= 15 is 0 Å². The molecule has 3 rings (SSSR count). The van der Waals surface area contributed by atoms with Crippen molar-refractivity contribution >= 4 is 0 Å². The Labute approximate surface area is 97.3 Å². The van der Waals surface area contributed by atoms with Gasteiger partial charge in [0.1, 0.15) is 5.82 Å². The SMILES string of the molecule is c1c(CC2CCNCC2)nc2n1CCCC2. The molecule has 0 unspecified atom stereocenters. The van der Waals surface area contributed by atoms with Crippen LogP contribution in [0.4, 0.5) is 0 Å². The minimum absolute atomic E-state index is 0.859. The van der Waals surface area contributed by atoms with Crippen LogP contribution in [0, 0.1) is 5.92 Å². The number of nitrogens with one attached hydrogen (secondary N) is 1. The fourth-order valence-corrected chi connectivity index (χ4v) is 2.95. The van der Waals surface area contributed by atoms with Crippen LogP contribution in [0.3, 0.4) is 0 Å². The van der Waals surface area contributed by atoms with Gasteiger partial charge in [-0.25, -0.2) is 4.98 Å². The first-order chi connectivity index (χ1) is 7.92. The van der Waals surface area contributed by atoms with E-state index in [-0.39, 0.29) is 0 Å². The van der Waals surface area contributed by atoms with Crippen molar-refractivity contribution < 1.29 is 0 Å². The zero-order chi connectivity index (χ0) is 10.8. The molecule has 3 heterocycles. The van der Waals surface area contributed by atoms with Crippen molar-refractivity contribution in [3.8, 4) is 0 Å². The average molecular weight is 219 g/mol. The summed E-state index contributed by atoms with van der Waals surface area (Å²) in [6, 6.07) is 0. The number of rotatable bonds is 2. The largest absolute Gasteiger partial charge is 0.335 e. The van der Waals surface area contributed by atoms with Gasteiger partial charge >= 0.3 is 0 Å². The van der Waals surface area contributed by atoms with Gasteiger partial charge in [-0.2, -0.15) is 0 Å². The molecular weight excluding hydrogens is 198 g/mol. The standard InChI is InChI=1S/C13H21N3/c1-2-8-16-10-12(15-13(16)3-1)9-11-4-6-14-7-5-11/h10-11,14H,1-9H2. The number of imidazole rings is 1. The molecule has 16 heavy (non-hydrogen) atoms. The van der Waals surface area contributed by atoms with Crippen LogP contribution in [0.15, 0.2) is 6.20 Å². The highest BCUT2D eigenvalue weighted by atomic mass is 15.1. The van der Waals surface area contributed by atoms with Crippen LogP contribution in [-0.4, -0.2) is 22.6 Å². The van der Waals surface area contributed by atoms with Crippen molar-refractivity contribution in [3.63, 3.8) is 0 Å². The van der Waals surface area contributed by atoms with E-state index in [0.717, 1.165) is 5.92 Å². The fourth-order valence-electron chi connectivity index (χ4n) is 2.95. The number of aryl methyl sites for hydroxylation is 2. The van der Waals surface area contributed by atoms with Gasteiger partial charge in [0.25, 0.3) is 0 Å². The van der Waals surface area contributed by atoms with E-state index in [1.54, 1.807) is 0 Å². The monoisotopic (exact) mass is 219 g/mol. The molecule has 2 aliphatic rings. The van der Waals surface area contributed by atoms with Crippen molar-refractivity contribution in [2.45, 2.75) is 45.1 Å². The topological polar surface area (TPSA) is 29.9 Å². The molecule has 88 valence electrons. The molecular formula is C13H21N3. The smallest absolute Gasteiger partial charge is 0.108 e. The molecule has 3 nitrogen and oxygen atoms in total. The molecule has 0 spiro atoms. The summed E-state index contributed by atoms with van der Waals surface area (Å²) in [7, 11) is 0. The molecule has 0 amide bonds. The number of nitrogens with zero attached hydrogens (tertiary/aromatic N) is 2. The zero-order valence-corrected chi connectivity index (χ0v) is 9.91. The Morgan fingerprint density at radius 2 is 2.19 bits per heavy atom. The summed E-state index contributed by atoms with van der Waals surface area (Å²) in [4.78, 5) is 4.79. The zero-order valence-electron chi connectivity index (χ0n) is 9.91. The number of piperidine rings is 1. The Bertz CT molecular complexity index is 327. The molecule has 1 N–H and O–H groups in total. The molecule has 0 bridgehead atoms. The van der Waals surface area contributed by atoms with Crippen LogP contribution >= 0.6 is 0 Å². The summed E-state index contributed by atoms with van der Waals surface area (Å²) in [5.41, 5.74) is 1.34. The normalized spacial score (nSPS) is 22.0. The number of hydrogen-bond donors (Lipinski definition) is 1. The van der Waals surface area contributed by atoms with Gasteiger partial charge in [-0.05, 0) is 51.1 Å². The molecule has 0 atom stereocenters. The molecule has 0 radical (unpaired) electrons. The minimum atomic E-state index is 0.859. The highest BCUT2D eigenvalue weighted by molar-refractivity contribution is 5.07. The molecule has 0 aromatic carbocycles. The maximum Gasteiger partial charge on any atom is 0.108 e. The van der Waals surface area contributed by atoms with Gasteiger partial charge in [-0.1, -0.05) is 0 Å². The van der Waals surface area contributed by atoms with Crippen molar-refractivity contribution in [3.05, 3.63) is 17.7 Å². The molecule has 1 aromatic heterocycles. The first-order valence-corrected chi connectivity index (χ1v) is 6.67. The highest BCUT2D eigenvalue weighted by Crippen LogP contribution is 2.20. The van der Waals surface area contributed by atoms with Crippen molar-refractivity contribution in [2.24, 2.45) is 5.92 Å². The Morgan fingerprint density at radius 1 is 1.31 bits per heavy atom. The summed E-state index contributed by atoms with van der Waals surface area (Å²) in [6.45, 7) is 3.57. The summed E-state index contributed by atoms with van der Waals surface area (Å²) in [6.07, 6.45) is 9.98. The van der Waals surface area contributed by atoms with E-state index in [4.69, 9.17) is 4.98 Å². The Kier molecular flexibility index (Phi) is 2.96. The lowest BCUT2D eigenvalue weighted by atomic mass is 9.93. The maximum absolute atomic E-state index is 4.79. The van der Waals surface area contributed by atoms with Crippen LogP contribution < -0.4 is 5.32 Å². The molecule has 0 aliphatic carbocycles. The van der Waals surface area contributed by atoms with Gasteiger partial charge in [-0.15, -0.1) is 0 Å². The van der Waals surface area contributed by atoms with Gasteiger partial charge in [0.05, 0.1) is 5.69 Å². The summed E-state index contributed by atoms with van der Waals surface area (Å²) in [5.74, 6) is 2.19. The second-order valence-corrected chi connectivity index (χ2v) is 5.20. The lowest BCUT2D eigenvalue weighted by Crippen LogP contribution is -2.28. The van der Waals surface area contributed by atoms with E-state index in [2.05, 4.69) is 16.1 Å². The van der Waals surface area contributed by atoms with Crippen LogP contribution in [-0.2, 0) is 19.4 Å². The molecule has 1 saturated heterocycles. The third-order valence-electron chi connectivity index (χ3n) is 3.91. The van der Waals surface area contributed by atoms with E-state index in [9.17, 15) is 0 Å².